The number of aromatic nitrogens is 1. The van der Waals surface area contributed by atoms with Crippen LogP contribution in [0.25, 0.3) is 0 Å². The molecule has 1 unspecified atom stereocenters. The molecule has 0 radical (unpaired) electrons. The molecule has 1 fully saturated rings. The maximum Gasteiger partial charge on any atom is 0.314 e. The van der Waals surface area contributed by atoms with Crippen molar-refractivity contribution in [1.82, 2.24) is 15.4 Å². The van der Waals surface area contributed by atoms with Crippen molar-refractivity contribution in [2.45, 2.75) is 18.9 Å². The quantitative estimate of drug-likeness (QED) is 0.710. The van der Waals surface area contributed by atoms with Gasteiger partial charge in [-0.15, -0.1) is 0 Å². The maximum atomic E-state index is 12.3. The van der Waals surface area contributed by atoms with Gasteiger partial charge in [-0.2, -0.15) is 0 Å². The van der Waals surface area contributed by atoms with Gasteiger partial charge in [0.2, 0.25) is 0 Å². The Morgan fingerprint density at radius 3 is 2.77 bits per heavy atom. The number of nitrogens with one attached hydrogen (secondary N) is 2. The summed E-state index contributed by atoms with van der Waals surface area (Å²) in [4.78, 5) is 29.0. The zero-order valence-corrected chi connectivity index (χ0v) is 17.1. The SMILES string of the molecule is CN1CCCc2cc(C(CNC(=O)C(=O)Nc3ccon3)N3CCOCC3)ccc21. The number of carbonyl (C=O) groups excluding carboxylic acids is 2. The van der Waals surface area contributed by atoms with Gasteiger partial charge < -0.3 is 19.5 Å². The lowest BCUT2D eigenvalue weighted by Crippen LogP contribution is -2.45. The van der Waals surface area contributed by atoms with E-state index < -0.39 is 11.8 Å². The summed E-state index contributed by atoms with van der Waals surface area (Å²) < 4.78 is 10.2. The molecule has 2 aromatic rings. The highest BCUT2D eigenvalue weighted by molar-refractivity contribution is 6.39. The number of hydrogen-bond donors (Lipinski definition) is 2. The Balaban J connectivity index is 1.47. The molecule has 2 aliphatic heterocycles. The Labute approximate surface area is 175 Å². The molecule has 3 heterocycles. The number of anilines is 2. The molecule has 1 atom stereocenters. The molecule has 2 amide bonds. The van der Waals surface area contributed by atoms with Crippen LogP contribution in [0.15, 0.2) is 35.1 Å². The van der Waals surface area contributed by atoms with E-state index in [-0.39, 0.29) is 11.9 Å². The molecule has 9 heteroatoms. The molecule has 0 aliphatic carbocycles. The summed E-state index contributed by atoms with van der Waals surface area (Å²) in [5.41, 5.74) is 3.74. The minimum absolute atomic E-state index is 0.0322. The van der Waals surface area contributed by atoms with Crippen LogP contribution in [0.1, 0.15) is 23.6 Å². The van der Waals surface area contributed by atoms with Crippen molar-refractivity contribution in [3.63, 3.8) is 0 Å². The molecule has 4 rings (SSSR count). The molecule has 0 saturated carbocycles. The van der Waals surface area contributed by atoms with Gasteiger partial charge in [0, 0.05) is 45.0 Å². The molecule has 160 valence electrons. The Kier molecular flexibility index (Phi) is 6.29. The van der Waals surface area contributed by atoms with Gasteiger partial charge in [-0.3, -0.25) is 19.8 Å². The summed E-state index contributed by atoms with van der Waals surface area (Å²) in [6.45, 7) is 4.27. The summed E-state index contributed by atoms with van der Waals surface area (Å²) in [6.07, 6.45) is 3.51. The topological polar surface area (TPSA) is 99.9 Å². The number of benzene rings is 1. The van der Waals surface area contributed by atoms with Gasteiger partial charge in [0.1, 0.15) is 6.26 Å². The van der Waals surface area contributed by atoms with E-state index in [2.05, 4.69) is 55.4 Å². The van der Waals surface area contributed by atoms with Crippen LogP contribution < -0.4 is 15.5 Å². The molecule has 1 aromatic carbocycles. The molecular weight excluding hydrogens is 386 g/mol. The number of ether oxygens (including phenoxy) is 1. The van der Waals surface area contributed by atoms with Crippen molar-refractivity contribution in [1.29, 1.82) is 0 Å². The summed E-state index contributed by atoms with van der Waals surface area (Å²) in [7, 11) is 2.12. The van der Waals surface area contributed by atoms with Crippen LogP contribution in [0, 0.1) is 0 Å². The predicted octanol–water partition coefficient (Wildman–Crippen LogP) is 1.19. The van der Waals surface area contributed by atoms with E-state index in [0.717, 1.165) is 38.0 Å². The number of carbonyl (C=O) groups is 2. The fourth-order valence-electron chi connectivity index (χ4n) is 4.08. The third-order valence-electron chi connectivity index (χ3n) is 5.67. The van der Waals surface area contributed by atoms with Gasteiger partial charge in [0.25, 0.3) is 0 Å². The van der Waals surface area contributed by atoms with Crippen LogP contribution in [0.5, 0.6) is 0 Å². The van der Waals surface area contributed by atoms with Crippen LogP contribution in [0.4, 0.5) is 11.5 Å². The van der Waals surface area contributed by atoms with E-state index in [1.54, 1.807) is 0 Å². The van der Waals surface area contributed by atoms with Crippen molar-refractivity contribution in [3.05, 3.63) is 41.7 Å². The van der Waals surface area contributed by atoms with Crippen LogP contribution in [0.2, 0.25) is 0 Å². The van der Waals surface area contributed by atoms with Gasteiger partial charge >= 0.3 is 11.8 Å². The average Bonchev–Trinajstić information content (AvgIpc) is 3.27. The van der Waals surface area contributed by atoms with Crippen molar-refractivity contribution in [2.75, 3.05) is 56.7 Å². The zero-order valence-electron chi connectivity index (χ0n) is 17.1. The number of fused-ring (bicyclic) bond motifs is 1. The van der Waals surface area contributed by atoms with E-state index >= 15 is 0 Å². The minimum atomic E-state index is -0.767. The number of morpholine rings is 1. The largest absolute Gasteiger partial charge is 0.379 e. The number of nitrogens with zero attached hydrogens (tertiary/aromatic N) is 3. The standard InChI is InChI=1S/C21H27N5O4/c1-25-7-2-3-15-13-16(4-5-17(15)25)18(26-8-11-29-12-9-26)14-22-20(27)21(28)23-19-6-10-30-24-19/h4-6,10,13,18H,2-3,7-9,11-12,14H2,1H3,(H,22,27)(H,23,24,28). The fraction of sp³-hybridized carbons (Fsp3) is 0.476. The second kappa shape index (κ2) is 9.27. The first-order chi connectivity index (χ1) is 14.6. The van der Waals surface area contributed by atoms with Gasteiger partial charge in [-0.05, 0) is 30.0 Å². The normalized spacial score (nSPS) is 17.8. The van der Waals surface area contributed by atoms with E-state index in [0.29, 0.717) is 19.8 Å². The first-order valence-electron chi connectivity index (χ1n) is 10.3. The van der Waals surface area contributed by atoms with Crippen LogP contribution in [-0.2, 0) is 20.7 Å². The average molecular weight is 413 g/mol. The van der Waals surface area contributed by atoms with Crippen LogP contribution >= 0.6 is 0 Å². The Hall–Kier alpha value is -2.91. The predicted molar refractivity (Wildman–Crippen MR) is 111 cm³/mol. The van der Waals surface area contributed by atoms with E-state index in [1.165, 1.54) is 23.6 Å². The molecular formula is C21H27N5O4. The molecule has 9 nitrogen and oxygen atoms in total. The van der Waals surface area contributed by atoms with Crippen LogP contribution in [0.3, 0.4) is 0 Å². The Bertz CT molecular complexity index is 880. The molecule has 2 aliphatic rings. The first kappa shape index (κ1) is 20.4. The monoisotopic (exact) mass is 413 g/mol. The van der Waals surface area contributed by atoms with E-state index in [1.807, 2.05) is 0 Å². The number of amides is 2. The molecule has 1 aromatic heterocycles. The smallest absolute Gasteiger partial charge is 0.314 e. The van der Waals surface area contributed by atoms with Gasteiger partial charge in [0.15, 0.2) is 5.82 Å². The van der Waals surface area contributed by atoms with Crippen molar-refractivity contribution in [2.24, 2.45) is 0 Å². The van der Waals surface area contributed by atoms with Crippen molar-refractivity contribution < 1.29 is 18.8 Å². The lowest BCUT2D eigenvalue weighted by atomic mass is 9.95. The summed E-state index contributed by atoms with van der Waals surface area (Å²) in [6, 6.07) is 7.98. The summed E-state index contributed by atoms with van der Waals surface area (Å²) in [5.74, 6) is -1.26. The maximum absolute atomic E-state index is 12.3. The highest BCUT2D eigenvalue weighted by atomic mass is 16.5. The lowest BCUT2D eigenvalue weighted by molar-refractivity contribution is -0.136. The number of rotatable bonds is 5. The molecule has 0 spiro atoms. The highest BCUT2D eigenvalue weighted by Crippen LogP contribution is 2.30. The number of aryl methyl sites for hydroxylation is 1. The lowest BCUT2D eigenvalue weighted by Gasteiger charge is -2.36. The second-order valence-corrected chi connectivity index (χ2v) is 7.63. The minimum Gasteiger partial charge on any atom is -0.379 e. The fourth-order valence-corrected chi connectivity index (χ4v) is 4.08. The third-order valence-corrected chi connectivity index (χ3v) is 5.67. The van der Waals surface area contributed by atoms with Crippen LogP contribution in [-0.4, -0.2) is 68.3 Å². The first-order valence-corrected chi connectivity index (χ1v) is 10.3. The van der Waals surface area contributed by atoms with Crippen molar-refractivity contribution >= 4 is 23.3 Å². The Morgan fingerprint density at radius 2 is 2.00 bits per heavy atom. The second-order valence-electron chi connectivity index (χ2n) is 7.63. The molecule has 1 saturated heterocycles. The zero-order chi connectivity index (χ0) is 20.9. The number of hydrogen-bond acceptors (Lipinski definition) is 7. The molecule has 30 heavy (non-hydrogen) atoms. The molecule has 2 N–H and O–H groups in total. The van der Waals surface area contributed by atoms with Gasteiger partial charge in [-0.1, -0.05) is 17.3 Å². The van der Waals surface area contributed by atoms with Gasteiger partial charge in [0.05, 0.1) is 19.3 Å². The summed E-state index contributed by atoms with van der Waals surface area (Å²) >= 11 is 0. The third kappa shape index (κ3) is 4.63. The molecule has 0 bridgehead atoms. The Morgan fingerprint density at radius 1 is 1.17 bits per heavy atom. The van der Waals surface area contributed by atoms with E-state index in [9.17, 15) is 9.59 Å². The summed E-state index contributed by atoms with van der Waals surface area (Å²) in [5, 5.41) is 8.78. The van der Waals surface area contributed by atoms with E-state index in [4.69, 9.17) is 4.74 Å². The van der Waals surface area contributed by atoms with Crippen molar-refractivity contribution in [3.8, 4) is 0 Å². The highest BCUT2D eigenvalue weighted by Gasteiger charge is 2.26. The van der Waals surface area contributed by atoms with Gasteiger partial charge in [-0.25, -0.2) is 0 Å².